The zero-order chi connectivity index (χ0) is 34.1. The van der Waals surface area contributed by atoms with Crippen molar-refractivity contribution in [1.29, 1.82) is 0 Å². The molecule has 0 spiro atoms. The van der Waals surface area contributed by atoms with Gasteiger partial charge in [-0.3, -0.25) is 4.98 Å². The van der Waals surface area contributed by atoms with E-state index in [1.54, 1.807) is 12.4 Å². The Morgan fingerprint density at radius 3 is 2.50 bits per heavy atom. The SMILES string of the molecule is C=C(/N=C(\N=C(/C)c1ccncc1)C1=CCNC=C1)c1ccccc1-c1ccccc1C1=CC2C(=C3C=CCCC3=C3C=CC=CC32C)C=C1. The number of benzene rings is 2. The molecule has 50 heavy (non-hydrogen) atoms. The van der Waals surface area contributed by atoms with Gasteiger partial charge in [0.15, 0.2) is 5.84 Å². The van der Waals surface area contributed by atoms with Crippen LogP contribution in [0.2, 0.25) is 0 Å². The second kappa shape index (κ2) is 13.2. The van der Waals surface area contributed by atoms with Crippen molar-refractivity contribution in [2.75, 3.05) is 6.54 Å². The summed E-state index contributed by atoms with van der Waals surface area (Å²) < 4.78 is 0. The standard InChI is InChI=1S/C46H40N4/c1-31(33-21-26-47-27-22-33)49-45(34-23-28-48-29-24-34)50-32(2)36-12-4-6-14-38(36)39-15-7-5-13-37(39)35-19-20-42-40-16-8-9-17-41(40)43-18-10-11-25-46(43,3)44(42)30-35/h4-8,10-16,18-28,30,44,48H,2,9,17,29H2,1,3H3/b49-31+,50-45-. The molecular formula is C46H40N4. The minimum atomic E-state index is -0.0942. The molecule has 0 saturated carbocycles. The number of amidine groups is 1. The molecule has 2 heterocycles. The molecule has 4 nitrogen and oxygen atoms in total. The van der Waals surface area contributed by atoms with Gasteiger partial charge in [-0.1, -0.05) is 123 Å². The highest BCUT2D eigenvalue weighted by Gasteiger charge is 2.43. The molecule has 2 unspecified atom stereocenters. The number of dihydropyridines is 1. The van der Waals surface area contributed by atoms with Gasteiger partial charge in [0, 0.05) is 47.1 Å². The summed E-state index contributed by atoms with van der Waals surface area (Å²) in [5.41, 5.74) is 14.8. The number of pyridine rings is 1. The molecule has 0 radical (unpaired) electrons. The summed E-state index contributed by atoms with van der Waals surface area (Å²) in [6, 6.07) is 21.1. The quantitative estimate of drug-likeness (QED) is 0.214. The summed E-state index contributed by atoms with van der Waals surface area (Å²) >= 11 is 0. The Bertz CT molecular complexity index is 2240. The summed E-state index contributed by atoms with van der Waals surface area (Å²) in [7, 11) is 0. The first kappa shape index (κ1) is 31.4. The highest BCUT2D eigenvalue weighted by molar-refractivity contribution is 6.13. The van der Waals surface area contributed by atoms with Gasteiger partial charge in [0.1, 0.15) is 0 Å². The second-order valence-electron chi connectivity index (χ2n) is 13.4. The maximum Gasteiger partial charge on any atom is 0.159 e. The van der Waals surface area contributed by atoms with Crippen molar-refractivity contribution >= 4 is 22.8 Å². The minimum absolute atomic E-state index is 0.0942. The largest absolute Gasteiger partial charge is 0.387 e. The van der Waals surface area contributed by atoms with Crippen molar-refractivity contribution in [1.82, 2.24) is 10.3 Å². The highest BCUT2D eigenvalue weighted by atomic mass is 14.9. The van der Waals surface area contributed by atoms with Gasteiger partial charge in [-0.05, 0) is 94.3 Å². The van der Waals surface area contributed by atoms with Gasteiger partial charge >= 0.3 is 0 Å². The summed E-state index contributed by atoms with van der Waals surface area (Å²) in [6.07, 6.45) is 32.9. The van der Waals surface area contributed by atoms with E-state index in [1.165, 1.54) is 33.4 Å². The van der Waals surface area contributed by atoms with Crippen LogP contribution in [0, 0.1) is 11.3 Å². The number of nitrogens with zero attached hydrogens (tertiary/aromatic N) is 3. The number of nitrogens with one attached hydrogen (secondary N) is 1. The number of aliphatic imine (C=N–C) groups is 2. The predicted octanol–water partition coefficient (Wildman–Crippen LogP) is 10.3. The predicted molar refractivity (Wildman–Crippen MR) is 209 cm³/mol. The first-order valence-electron chi connectivity index (χ1n) is 17.4. The highest BCUT2D eigenvalue weighted by Crippen LogP contribution is 2.55. The molecule has 3 aromatic rings. The monoisotopic (exact) mass is 648 g/mol. The Morgan fingerprint density at radius 2 is 1.68 bits per heavy atom. The van der Waals surface area contributed by atoms with Crippen LogP contribution in [0.4, 0.5) is 0 Å². The number of hydrogen-bond donors (Lipinski definition) is 1. The van der Waals surface area contributed by atoms with Crippen LogP contribution in [-0.2, 0) is 0 Å². The summed E-state index contributed by atoms with van der Waals surface area (Å²) in [4.78, 5) is 14.3. The van der Waals surface area contributed by atoms with Crippen LogP contribution in [0.5, 0.6) is 0 Å². The molecule has 1 aromatic heterocycles. The third-order valence-corrected chi connectivity index (χ3v) is 10.4. The van der Waals surface area contributed by atoms with E-state index in [0.29, 0.717) is 18.1 Å². The summed E-state index contributed by atoms with van der Waals surface area (Å²) in [6.45, 7) is 9.65. The Balaban J connectivity index is 1.20. The van der Waals surface area contributed by atoms with Crippen molar-refractivity contribution in [2.45, 2.75) is 26.7 Å². The van der Waals surface area contributed by atoms with E-state index in [1.807, 2.05) is 31.3 Å². The Hall–Kier alpha value is -5.87. The molecule has 5 aliphatic rings. The lowest BCUT2D eigenvalue weighted by Gasteiger charge is -2.45. The van der Waals surface area contributed by atoms with Crippen LogP contribution in [0.25, 0.3) is 22.4 Å². The fraction of sp³-hybridized carbons (Fsp3) is 0.152. The third kappa shape index (κ3) is 5.67. The summed E-state index contributed by atoms with van der Waals surface area (Å²) in [5, 5.41) is 3.24. The van der Waals surface area contributed by atoms with Gasteiger partial charge < -0.3 is 5.32 Å². The fourth-order valence-electron chi connectivity index (χ4n) is 7.85. The van der Waals surface area contributed by atoms with Crippen molar-refractivity contribution in [2.24, 2.45) is 21.3 Å². The van der Waals surface area contributed by atoms with E-state index < -0.39 is 0 Å². The zero-order valence-electron chi connectivity index (χ0n) is 28.6. The molecule has 0 fully saturated rings. The van der Waals surface area contributed by atoms with Gasteiger partial charge in [-0.25, -0.2) is 9.98 Å². The van der Waals surface area contributed by atoms with Crippen molar-refractivity contribution in [3.63, 3.8) is 0 Å². The number of allylic oxidation sites excluding steroid dienone is 14. The van der Waals surface area contributed by atoms with Gasteiger partial charge in [-0.15, -0.1) is 0 Å². The van der Waals surface area contributed by atoms with Gasteiger partial charge in [0.05, 0.1) is 5.70 Å². The van der Waals surface area contributed by atoms with Gasteiger partial charge in [-0.2, -0.15) is 0 Å². The average molecular weight is 649 g/mol. The fourth-order valence-corrected chi connectivity index (χ4v) is 7.85. The first-order valence-corrected chi connectivity index (χ1v) is 17.4. The lowest BCUT2D eigenvalue weighted by Crippen LogP contribution is -2.34. The van der Waals surface area contributed by atoms with Crippen LogP contribution in [0.1, 0.15) is 43.4 Å². The van der Waals surface area contributed by atoms with Gasteiger partial charge in [0.25, 0.3) is 0 Å². The molecule has 244 valence electrons. The van der Waals surface area contributed by atoms with Crippen molar-refractivity contribution in [3.8, 4) is 11.1 Å². The van der Waals surface area contributed by atoms with Crippen LogP contribution in [-0.4, -0.2) is 23.1 Å². The zero-order valence-corrected chi connectivity index (χ0v) is 28.6. The molecule has 0 bridgehead atoms. The molecule has 1 aliphatic heterocycles. The van der Waals surface area contributed by atoms with Crippen molar-refractivity contribution < 1.29 is 0 Å². The van der Waals surface area contributed by atoms with E-state index in [4.69, 9.17) is 9.98 Å². The number of fused-ring (bicyclic) bond motifs is 4. The Kier molecular flexibility index (Phi) is 8.30. The van der Waals surface area contributed by atoms with Crippen LogP contribution >= 0.6 is 0 Å². The van der Waals surface area contributed by atoms with Crippen LogP contribution in [0.15, 0.2) is 191 Å². The van der Waals surface area contributed by atoms with Gasteiger partial charge in [0.2, 0.25) is 0 Å². The maximum absolute atomic E-state index is 5.12. The number of hydrogen-bond acceptors (Lipinski definition) is 3. The smallest absolute Gasteiger partial charge is 0.159 e. The Labute approximate surface area is 295 Å². The van der Waals surface area contributed by atoms with E-state index in [9.17, 15) is 0 Å². The topological polar surface area (TPSA) is 49.6 Å². The molecule has 4 heteroatoms. The maximum atomic E-state index is 5.12. The third-order valence-electron chi connectivity index (χ3n) is 10.4. The molecule has 1 N–H and O–H groups in total. The molecule has 0 amide bonds. The molecule has 0 saturated heterocycles. The molecule has 2 atom stereocenters. The average Bonchev–Trinajstić information content (AvgIpc) is 3.18. The molecule has 8 rings (SSSR count). The minimum Gasteiger partial charge on any atom is -0.387 e. The lowest BCUT2D eigenvalue weighted by molar-refractivity contribution is 0.411. The molecule has 2 aromatic carbocycles. The summed E-state index contributed by atoms with van der Waals surface area (Å²) in [5.74, 6) is 0.863. The van der Waals surface area contributed by atoms with E-state index >= 15 is 0 Å². The Morgan fingerprint density at radius 1 is 0.880 bits per heavy atom. The second-order valence-corrected chi connectivity index (χ2v) is 13.4. The first-order chi connectivity index (χ1) is 24.5. The molecular weight excluding hydrogens is 609 g/mol. The molecule has 4 aliphatic carbocycles. The van der Waals surface area contributed by atoms with Crippen LogP contribution < -0.4 is 5.32 Å². The lowest BCUT2D eigenvalue weighted by atomic mass is 9.58. The van der Waals surface area contributed by atoms with E-state index in [2.05, 4.69) is 133 Å². The van der Waals surface area contributed by atoms with Crippen molar-refractivity contribution in [3.05, 3.63) is 197 Å². The number of rotatable bonds is 6. The van der Waals surface area contributed by atoms with E-state index in [0.717, 1.165) is 46.4 Å². The number of aromatic nitrogens is 1. The normalized spacial score (nSPS) is 22.4. The van der Waals surface area contributed by atoms with E-state index in [-0.39, 0.29) is 11.3 Å². The van der Waals surface area contributed by atoms with Crippen LogP contribution in [0.3, 0.4) is 0 Å².